The van der Waals surface area contributed by atoms with Gasteiger partial charge in [-0.3, -0.25) is 0 Å². The first-order valence-electron chi connectivity index (χ1n) is 10.7. The molecule has 0 aliphatic rings. The number of ether oxygens (including phenoxy) is 1. The van der Waals surface area contributed by atoms with Gasteiger partial charge >= 0.3 is 6.36 Å². The third-order valence-electron chi connectivity index (χ3n) is 5.10. The molecule has 3 aromatic rings. The molecule has 0 fully saturated rings. The predicted molar refractivity (Wildman–Crippen MR) is 132 cm³/mol. The molecule has 1 heterocycles. The van der Waals surface area contributed by atoms with E-state index in [1.807, 2.05) is 16.7 Å². The number of anilines is 1. The van der Waals surface area contributed by atoms with Gasteiger partial charge in [-0.05, 0) is 41.8 Å². The van der Waals surface area contributed by atoms with Gasteiger partial charge in [-0.1, -0.05) is 48.0 Å². The Balaban J connectivity index is 2.05. The SMILES string of the molecule is C=C(NC)c1c(NCCCO)nc(Cc2ccc(Cl)c(OC(F)(F)F)c2)n1Cc1ccc(Cl)cc1. The molecule has 0 amide bonds. The Hall–Kier alpha value is -2.88. The third-order valence-corrected chi connectivity index (χ3v) is 5.66. The molecule has 0 unspecified atom stereocenters. The number of hydrogen-bond acceptors (Lipinski definition) is 5. The van der Waals surface area contributed by atoms with Gasteiger partial charge in [0, 0.05) is 38.2 Å². The van der Waals surface area contributed by atoms with Crippen LogP contribution in [0.25, 0.3) is 5.70 Å². The number of benzene rings is 2. The van der Waals surface area contributed by atoms with Crippen molar-refractivity contribution in [2.75, 3.05) is 25.5 Å². The summed E-state index contributed by atoms with van der Waals surface area (Å²) in [6, 6.07) is 11.6. The zero-order valence-electron chi connectivity index (χ0n) is 18.9. The number of rotatable bonds is 11. The van der Waals surface area contributed by atoms with Crippen molar-refractivity contribution in [3.63, 3.8) is 0 Å². The minimum atomic E-state index is -4.86. The van der Waals surface area contributed by atoms with Crippen LogP contribution in [0.3, 0.4) is 0 Å². The van der Waals surface area contributed by atoms with Crippen LogP contribution in [0, 0.1) is 0 Å². The molecule has 0 saturated heterocycles. The fourth-order valence-electron chi connectivity index (χ4n) is 3.45. The second kappa shape index (κ2) is 11.7. The van der Waals surface area contributed by atoms with Crippen molar-refractivity contribution in [2.45, 2.75) is 25.7 Å². The second-order valence-electron chi connectivity index (χ2n) is 7.66. The number of nitrogens with one attached hydrogen (secondary N) is 2. The van der Waals surface area contributed by atoms with E-state index < -0.39 is 12.1 Å². The number of alkyl halides is 3. The van der Waals surface area contributed by atoms with Gasteiger partial charge in [0.05, 0.1) is 10.7 Å². The molecule has 0 radical (unpaired) electrons. The van der Waals surface area contributed by atoms with Gasteiger partial charge in [-0.25, -0.2) is 4.98 Å². The summed E-state index contributed by atoms with van der Waals surface area (Å²) in [5.41, 5.74) is 2.76. The van der Waals surface area contributed by atoms with Crippen LogP contribution >= 0.6 is 23.2 Å². The Bertz CT molecular complexity index is 1160. The first-order chi connectivity index (χ1) is 16.6. The quantitative estimate of drug-likeness (QED) is 0.278. The van der Waals surface area contributed by atoms with Crippen molar-refractivity contribution >= 4 is 34.7 Å². The summed E-state index contributed by atoms with van der Waals surface area (Å²) >= 11 is 11.9. The molecule has 0 bridgehead atoms. The Morgan fingerprint density at radius 1 is 1.14 bits per heavy atom. The third kappa shape index (κ3) is 7.30. The maximum Gasteiger partial charge on any atom is 0.573 e. The standard InChI is InChI=1S/C24H25Cl2F3N4O2/c1-15(30-2)22-23(31-10-3-11-34)32-21(33(22)14-16-4-7-18(25)8-5-16)13-17-6-9-19(26)20(12-17)35-24(27,28)29/h4-9,12,30-31,34H,1,3,10-11,13-14H2,2H3. The lowest BCUT2D eigenvalue weighted by atomic mass is 10.1. The summed E-state index contributed by atoms with van der Waals surface area (Å²) in [6.07, 6.45) is -4.15. The lowest BCUT2D eigenvalue weighted by Crippen LogP contribution is -2.17. The summed E-state index contributed by atoms with van der Waals surface area (Å²) in [4.78, 5) is 4.73. The van der Waals surface area contributed by atoms with Gasteiger partial charge in [-0.15, -0.1) is 13.2 Å². The number of nitrogens with zero attached hydrogens (tertiary/aromatic N) is 2. The van der Waals surface area contributed by atoms with E-state index in [2.05, 4.69) is 21.9 Å². The van der Waals surface area contributed by atoms with Crippen LogP contribution in [0.2, 0.25) is 10.0 Å². The fraction of sp³-hybridized carbons (Fsp3) is 0.292. The minimum absolute atomic E-state index is 0.0143. The number of hydrogen-bond donors (Lipinski definition) is 3. The Labute approximate surface area is 211 Å². The lowest BCUT2D eigenvalue weighted by molar-refractivity contribution is -0.274. The van der Waals surface area contributed by atoms with Crippen molar-refractivity contribution in [3.05, 3.63) is 81.7 Å². The number of aromatic nitrogens is 2. The van der Waals surface area contributed by atoms with Gasteiger partial charge in [0.1, 0.15) is 17.3 Å². The van der Waals surface area contributed by atoms with Crippen LogP contribution in [0.5, 0.6) is 5.75 Å². The highest BCUT2D eigenvalue weighted by Gasteiger charge is 2.32. The van der Waals surface area contributed by atoms with E-state index in [4.69, 9.17) is 33.3 Å². The average molecular weight is 529 g/mol. The van der Waals surface area contributed by atoms with E-state index in [0.717, 1.165) is 5.56 Å². The van der Waals surface area contributed by atoms with Crippen molar-refractivity contribution in [1.29, 1.82) is 0 Å². The lowest BCUT2D eigenvalue weighted by Gasteiger charge is -2.16. The van der Waals surface area contributed by atoms with Gasteiger partial charge in [-0.2, -0.15) is 0 Å². The van der Waals surface area contributed by atoms with Gasteiger partial charge in [0.25, 0.3) is 0 Å². The van der Waals surface area contributed by atoms with Gasteiger partial charge in [0.15, 0.2) is 5.82 Å². The molecule has 0 atom stereocenters. The summed E-state index contributed by atoms with van der Waals surface area (Å²) in [7, 11) is 1.74. The molecule has 0 spiro atoms. The number of halogens is 5. The Morgan fingerprint density at radius 2 is 1.83 bits per heavy atom. The molecule has 35 heavy (non-hydrogen) atoms. The van der Waals surface area contributed by atoms with Crippen LogP contribution in [0.15, 0.2) is 49.0 Å². The van der Waals surface area contributed by atoms with Crippen molar-refractivity contribution in [3.8, 4) is 5.75 Å². The molecule has 11 heteroatoms. The van der Waals surface area contributed by atoms with E-state index in [-0.39, 0.29) is 18.1 Å². The topological polar surface area (TPSA) is 71.3 Å². The predicted octanol–water partition coefficient (Wildman–Crippen LogP) is 5.71. The molecular formula is C24H25Cl2F3N4O2. The molecule has 3 rings (SSSR count). The Kier molecular flexibility index (Phi) is 8.93. The summed E-state index contributed by atoms with van der Waals surface area (Å²) in [5, 5.41) is 15.9. The highest BCUT2D eigenvalue weighted by Crippen LogP contribution is 2.32. The van der Waals surface area contributed by atoms with Crippen LogP contribution in [0.1, 0.15) is 29.1 Å². The van der Waals surface area contributed by atoms with Crippen LogP contribution in [-0.2, 0) is 13.0 Å². The molecule has 6 nitrogen and oxygen atoms in total. The molecule has 188 valence electrons. The normalized spacial score (nSPS) is 11.4. The monoisotopic (exact) mass is 528 g/mol. The van der Waals surface area contributed by atoms with Crippen LogP contribution in [0.4, 0.5) is 19.0 Å². The average Bonchev–Trinajstić information content (AvgIpc) is 3.12. The zero-order valence-corrected chi connectivity index (χ0v) is 20.4. The van der Waals surface area contributed by atoms with Crippen LogP contribution < -0.4 is 15.4 Å². The largest absolute Gasteiger partial charge is 0.573 e. The highest BCUT2D eigenvalue weighted by atomic mass is 35.5. The smallest absolute Gasteiger partial charge is 0.404 e. The number of aliphatic hydroxyl groups excluding tert-OH is 1. The maximum atomic E-state index is 12.8. The summed E-state index contributed by atoms with van der Waals surface area (Å²) in [6.45, 7) is 4.99. The summed E-state index contributed by atoms with van der Waals surface area (Å²) in [5.74, 6) is 0.647. The van der Waals surface area contributed by atoms with Gasteiger partial charge in [0.2, 0.25) is 0 Å². The molecule has 1 aromatic heterocycles. The highest BCUT2D eigenvalue weighted by molar-refractivity contribution is 6.32. The molecule has 2 aromatic carbocycles. The molecule has 0 aliphatic carbocycles. The van der Waals surface area contributed by atoms with Crippen LogP contribution in [-0.4, -0.2) is 41.2 Å². The number of imidazole rings is 1. The molecule has 0 aliphatic heterocycles. The van der Waals surface area contributed by atoms with E-state index in [1.165, 1.54) is 12.1 Å². The zero-order chi connectivity index (χ0) is 25.6. The maximum absolute atomic E-state index is 12.8. The van der Waals surface area contributed by atoms with Crippen molar-refractivity contribution < 1.29 is 23.0 Å². The minimum Gasteiger partial charge on any atom is -0.404 e. The van der Waals surface area contributed by atoms with Crippen molar-refractivity contribution in [2.24, 2.45) is 0 Å². The first-order valence-corrected chi connectivity index (χ1v) is 11.5. The molecular weight excluding hydrogens is 504 g/mol. The van der Waals surface area contributed by atoms with Crippen molar-refractivity contribution in [1.82, 2.24) is 14.9 Å². The number of aliphatic hydroxyl groups is 1. The second-order valence-corrected chi connectivity index (χ2v) is 8.50. The fourth-order valence-corrected chi connectivity index (χ4v) is 3.74. The van der Waals surface area contributed by atoms with Gasteiger partial charge < -0.3 is 25.0 Å². The summed E-state index contributed by atoms with van der Waals surface area (Å²) < 4.78 is 44.4. The Morgan fingerprint density at radius 3 is 2.46 bits per heavy atom. The van der Waals surface area contributed by atoms with E-state index >= 15 is 0 Å². The molecule has 3 N–H and O–H groups in total. The van der Waals surface area contributed by atoms with E-state index in [0.29, 0.717) is 53.1 Å². The molecule has 0 saturated carbocycles. The van der Waals surface area contributed by atoms with E-state index in [9.17, 15) is 13.2 Å². The first kappa shape index (κ1) is 26.7. The van der Waals surface area contributed by atoms with E-state index in [1.54, 1.807) is 25.2 Å².